The maximum absolute atomic E-state index is 14.8. The van der Waals surface area contributed by atoms with Crippen LogP contribution >= 0.6 is 0 Å². The zero-order valence-electron chi connectivity index (χ0n) is 14.0. The molecule has 0 aliphatic heterocycles. The smallest absolute Gasteiger partial charge is 0.107 e. The van der Waals surface area contributed by atoms with E-state index in [-0.39, 0.29) is 5.92 Å². The van der Waals surface area contributed by atoms with Crippen molar-refractivity contribution in [2.75, 3.05) is 0 Å². The van der Waals surface area contributed by atoms with E-state index in [2.05, 4.69) is 69.3 Å². The summed E-state index contributed by atoms with van der Waals surface area (Å²) in [5.41, 5.74) is 4.86. The lowest BCUT2D eigenvalue weighted by Crippen LogP contribution is -2.15. The van der Waals surface area contributed by atoms with E-state index in [0.717, 1.165) is 24.8 Å². The van der Waals surface area contributed by atoms with Gasteiger partial charge in [-0.25, -0.2) is 4.39 Å². The van der Waals surface area contributed by atoms with E-state index in [9.17, 15) is 4.39 Å². The van der Waals surface area contributed by atoms with Crippen molar-refractivity contribution in [3.8, 4) is 0 Å². The first kappa shape index (κ1) is 16.7. The van der Waals surface area contributed by atoms with Crippen LogP contribution < -0.4 is 0 Å². The lowest BCUT2D eigenvalue weighted by Gasteiger charge is -2.21. The minimum atomic E-state index is -0.774. The van der Waals surface area contributed by atoms with Crippen LogP contribution in [0.5, 0.6) is 0 Å². The number of rotatable bonds is 7. The molecule has 2 aromatic rings. The minimum absolute atomic E-state index is 0.0241. The molecule has 2 atom stereocenters. The van der Waals surface area contributed by atoms with Crippen molar-refractivity contribution in [1.29, 1.82) is 0 Å². The van der Waals surface area contributed by atoms with Crippen LogP contribution in [-0.4, -0.2) is 6.17 Å². The zero-order chi connectivity index (χ0) is 15.9. The van der Waals surface area contributed by atoms with Gasteiger partial charge in [-0.1, -0.05) is 73.0 Å². The molecule has 0 saturated carbocycles. The van der Waals surface area contributed by atoms with Gasteiger partial charge in [-0.2, -0.15) is 0 Å². The van der Waals surface area contributed by atoms with Crippen molar-refractivity contribution in [3.05, 3.63) is 70.8 Å². The normalized spacial score (nSPS) is 13.8. The number of hydrogen-bond donors (Lipinski definition) is 0. The van der Waals surface area contributed by atoms with Crippen molar-refractivity contribution < 1.29 is 4.39 Å². The first-order valence-corrected chi connectivity index (χ1v) is 8.36. The van der Waals surface area contributed by atoms with E-state index in [0.29, 0.717) is 6.42 Å². The summed E-state index contributed by atoms with van der Waals surface area (Å²) >= 11 is 0. The highest BCUT2D eigenvalue weighted by atomic mass is 19.1. The van der Waals surface area contributed by atoms with E-state index in [1.54, 1.807) is 0 Å². The van der Waals surface area contributed by atoms with Crippen molar-refractivity contribution in [3.63, 3.8) is 0 Å². The van der Waals surface area contributed by atoms with Crippen LogP contribution in [0, 0.1) is 13.8 Å². The highest BCUT2D eigenvalue weighted by molar-refractivity contribution is 5.26. The van der Waals surface area contributed by atoms with Gasteiger partial charge in [0, 0.05) is 5.92 Å². The molecule has 2 rings (SSSR count). The Morgan fingerprint density at radius 2 is 1.36 bits per heavy atom. The fraction of sp³-hybridized carbons (Fsp3) is 0.429. The zero-order valence-corrected chi connectivity index (χ0v) is 14.0. The molecule has 0 spiro atoms. The Labute approximate surface area is 134 Å². The molecule has 0 radical (unpaired) electrons. The maximum Gasteiger partial charge on any atom is 0.107 e. The number of halogens is 1. The van der Waals surface area contributed by atoms with Crippen LogP contribution in [0.15, 0.2) is 48.5 Å². The molecular weight excluding hydrogens is 271 g/mol. The van der Waals surface area contributed by atoms with Crippen molar-refractivity contribution in [1.82, 2.24) is 0 Å². The summed E-state index contributed by atoms with van der Waals surface area (Å²) < 4.78 is 14.8. The summed E-state index contributed by atoms with van der Waals surface area (Å²) in [5.74, 6) is 0.0241. The molecule has 0 saturated heterocycles. The van der Waals surface area contributed by atoms with Crippen molar-refractivity contribution in [2.45, 2.75) is 58.5 Å². The van der Waals surface area contributed by atoms with Gasteiger partial charge >= 0.3 is 0 Å². The Morgan fingerprint density at radius 3 is 1.91 bits per heavy atom. The second kappa shape index (κ2) is 8.12. The Balaban J connectivity index is 2.01. The molecule has 0 amide bonds. The summed E-state index contributed by atoms with van der Waals surface area (Å²) in [6.07, 6.45) is 2.57. The van der Waals surface area contributed by atoms with Gasteiger partial charge in [-0.3, -0.25) is 0 Å². The monoisotopic (exact) mass is 298 g/mol. The molecular formula is C21H27F. The maximum atomic E-state index is 14.8. The fourth-order valence-electron chi connectivity index (χ4n) is 2.94. The highest BCUT2D eigenvalue weighted by Gasteiger charge is 2.21. The molecule has 0 nitrogen and oxygen atoms in total. The van der Waals surface area contributed by atoms with Gasteiger partial charge in [0.15, 0.2) is 0 Å². The molecule has 2 aromatic carbocycles. The van der Waals surface area contributed by atoms with Gasteiger partial charge in [0.1, 0.15) is 6.17 Å². The molecule has 22 heavy (non-hydrogen) atoms. The average Bonchev–Trinajstić information content (AvgIpc) is 2.53. The molecule has 0 bridgehead atoms. The second-order valence-electron chi connectivity index (χ2n) is 6.35. The van der Waals surface area contributed by atoms with Gasteiger partial charge in [-0.05, 0) is 44.2 Å². The number of alkyl halides is 1. The molecule has 118 valence electrons. The van der Waals surface area contributed by atoms with E-state index >= 15 is 0 Å². The Hall–Kier alpha value is -1.63. The SMILES string of the molecule is CCCC(c1ccc(C)cc1)C(F)CCc1ccc(C)cc1. The molecule has 0 aliphatic rings. The number of aryl methyl sites for hydroxylation is 3. The van der Waals surface area contributed by atoms with E-state index in [1.165, 1.54) is 16.7 Å². The Morgan fingerprint density at radius 1 is 0.818 bits per heavy atom. The standard InChI is InChI=1S/C21H27F/c1-4-5-20(19-13-8-17(3)9-14-19)21(22)15-12-18-10-6-16(2)7-11-18/h6-11,13-14,20-21H,4-5,12,15H2,1-3H3. The molecule has 0 aliphatic carbocycles. The van der Waals surface area contributed by atoms with Crippen molar-refractivity contribution in [2.24, 2.45) is 0 Å². The molecule has 1 heteroatoms. The summed E-state index contributed by atoms with van der Waals surface area (Å²) in [7, 11) is 0. The summed E-state index contributed by atoms with van der Waals surface area (Å²) in [5, 5.41) is 0. The van der Waals surface area contributed by atoms with Crippen LogP contribution in [-0.2, 0) is 6.42 Å². The Bertz CT molecular complexity index is 553. The van der Waals surface area contributed by atoms with Crippen LogP contribution in [0.4, 0.5) is 4.39 Å². The molecule has 0 aromatic heterocycles. The molecule has 2 unspecified atom stereocenters. The molecule has 0 fully saturated rings. The van der Waals surface area contributed by atoms with E-state index in [1.807, 2.05) is 0 Å². The molecule has 0 N–H and O–H groups in total. The quantitative estimate of drug-likeness (QED) is 0.574. The highest BCUT2D eigenvalue weighted by Crippen LogP contribution is 2.30. The van der Waals surface area contributed by atoms with Gasteiger partial charge < -0.3 is 0 Å². The first-order chi connectivity index (χ1) is 10.6. The van der Waals surface area contributed by atoms with Crippen molar-refractivity contribution >= 4 is 0 Å². The number of benzene rings is 2. The van der Waals surface area contributed by atoms with Gasteiger partial charge in [0.05, 0.1) is 0 Å². The van der Waals surface area contributed by atoms with Crippen LogP contribution in [0.3, 0.4) is 0 Å². The largest absolute Gasteiger partial charge is 0.247 e. The third-order valence-electron chi connectivity index (χ3n) is 4.37. The lowest BCUT2D eigenvalue weighted by atomic mass is 9.87. The topological polar surface area (TPSA) is 0 Å². The van der Waals surface area contributed by atoms with Gasteiger partial charge in [-0.15, -0.1) is 0 Å². The summed E-state index contributed by atoms with van der Waals surface area (Å²) in [6.45, 7) is 6.28. The summed E-state index contributed by atoms with van der Waals surface area (Å²) in [6, 6.07) is 16.8. The third kappa shape index (κ3) is 4.69. The predicted octanol–water partition coefficient (Wildman–Crippen LogP) is 6.16. The van der Waals surface area contributed by atoms with Gasteiger partial charge in [0.25, 0.3) is 0 Å². The molecule has 0 heterocycles. The average molecular weight is 298 g/mol. The van der Waals surface area contributed by atoms with E-state index < -0.39 is 6.17 Å². The minimum Gasteiger partial charge on any atom is -0.247 e. The first-order valence-electron chi connectivity index (χ1n) is 8.36. The van der Waals surface area contributed by atoms with Gasteiger partial charge in [0.2, 0.25) is 0 Å². The Kier molecular flexibility index (Phi) is 6.18. The fourth-order valence-corrected chi connectivity index (χ4v) is 2.94. The number of hydrogen-bond acceptors (Lipinski definition) is 0. The van der Waals surface area contributed by atoms with Crippen LogP contribution in [0.2, 0.25) is 0 Å². The second-order valence-corrected chi connectivity index (χ2v) is 6.35. The van der Waals surface area contributed by atoms with E-state index in [4.69, 9.17) is 0 Å². The summed E-state index contributed by atoms with van der Waals surface area (Å²) in [4.78, 5) is 0. The third-order valence-corrected chi connectivity index (χ3v) is 4.37. The lowest BCUT2D eigenvalue weighted by molar-refractivity contribution is 0.254. The van der Waals surface area contributed by atoms with Crippen LogP contribution in [0.25, 0.3) is 0 Å². The van der Waals surface area contributed by atoms with Crippen LogP contribution in [0.1, 0.15) is 54.4 Å². The predicted molar refractivity (Wildman–Crippen MR) is 93.2 cm³/mol.